The van der Waals surface area contributed by atoms with Crippen LogP contribution in [0.3, 0.4) is 0 Å². The van der Waals surface area contributed by atoms with Gasteiger partial charge in [-0.1, -0.05) is 15.9 Å². The van der Waals surface area contributed by atoms with Crippen LogP contribution in [0, 0.1) is 17.0 Å². The number of nitro groups is 1. The van der Waals surface area contributed by atoms with Gasteiger partial charge in [0.15, 0.2) is 5.82 Å². The summed E-state index contributed by atoms with van der Waals surface area (Å²) in [4.78, 5) is 10.6. The third-order valence-electron chi connectivity index (χ3n) is 2.93. The highest BCUT2D eigenvalue weighted by molar-refractivity contribution is 9.08. The Hall–Kier alpha value is -1.76. The van der Waals surface area contributed by atoms with E-state index in [0.717, 1.165) is 11.4 Å². The van der Waals surface area contributed by atoms with Gasteiger partial charge in [-0.05, 0) is 32.4 Å². The first-order chi connectivity index (χ1) is 9.43. The molecule has 1 heterocycles. The molecule has 0 N–H and O–H groups in total. The molecule has 0 saturated carbocycles. The SMILES string of the molecule is Cc1cc(-c2nnc(CBr)n2C(C)C)cc([N+](=O)[O-])c1. The molecule has 0 atom stereocenters. The van der Waals surface area contributed by atoms with Crippen LogP contribution in [0.2, 0.25) is 0 Å². The number of aryl methyl sites for hydroxylation is 1. The van der Waals surface area contributed by atoms with Crippen LogP contribution >= 0.6 is 15.9 Å². The quantitative estimate of drug-likeness (QED) is 0.484. The van der Waals surface area contributed by atoms with Gasteiger partial charge in [0.1, 0.15) is 5.82 Å². The molecule has 2 rings (SSSR count). The molecule has 20 heavy (non-hydrogen) atoms. The smallest absolute Gasteiger partial charge is 0.270 e. The predicted molar refractivity (Wildman–Crippen MR) is 79.9 cm³/mol. The summed E-state index contributed by atoms with van der Waals surface area (Å²) in [5, 5.41) is 19.9. The number of alkyl halides is 1. The van der Waals surface area contributed by atoms with Gasteiger partial charge in [-0.2, -0.15) is 0 Å². The van der Waals surface area contributed by atoms with Gasteiger partial charge in [-0.3, -0.25) is 10.1 Å². The molecule has 0 unspecified atom stereocenters. The van der Waals surface area contributed by atoms with E-state index >= 15 is 0 Å². The summed E-state index contributed by atoms with van der Waals surface area (Å²) in [6, 6.07) is 5.14. The summed E-state index contributed by atoms with van der Waals surface area (Å²) < 4.78 is 1.98. The Bertz CT molecular complexity index is 652. The number of rotatable bonds is 4. The van der Waals surface area contributed by atoms with Crippen molar-refractivity contribution in [1.82, 2.24) is 14.8 Å². The molecule has 0 fully saturated rings. The molecule has 0 amide bonds. The van der Waals surface area contributed by atoms with Gasteiger partial charge in [0.05, 0.1) is 10.3 Å². The highest BCUT2D eigenvalue weighted by atomic mass is 79.9. The minimum Gasteiger partial charge on any atom is -0.308 e. The first-order valence-corrected chi connectivity index (χ1v) is 7.32. The third-order valence-corrected chi connectivity index (χ3v) is 3.44. The van der Waals surface area contributed by atoms with E-state index in [9.17, 15) is 10.1 Å². The summed E-state index contributed by atoms with van der Waals surface area (Å²) in [6.45, 7) is 5.89. The van der Waals surface area contributed by atoms with Gasteiger partial charge in [-0.25, -0.2) is 0 Å². The van der Waals surface area contributed by atoms with Gasteiger partial charge in [0.2, 0.25) is 0 Å². The average molecular weight is 339 g/mol. The maximum Gasteiger partial charge on any atom is 0.270 e. The van der Waals surface area contributed by atoms with Gasteiger partial charge < -0.3 is 4.57 Å². The summed E-state index contributed by atoms with van der Waals surface area (Å²) in [6.07, 6.45) is 0. The van der Waals surface area contributed by atoms with Crippen molar-refractivity contribution >= 4 is 21.6 Å². The van der Waals surface area contributed by atoms with Crippen molar-refractivity contribution in [3.63, 3.8) is 0 Å². The molecule has 2 aromatic rings. The first-order valence-electron chi connectivity index (χ1n) is 6.20. The predicted octanol–water partition coefficient (Wildman–Crippen LogP) is 3.64. The topological polar surface area (TPSA) is 73.8 Å². The highest BCUT2D eigenvalue weighted by Gasteiger charge is 2.18. The monoisotopic (exact) mass is 338 g/mol. The molecule has 0 aliphatic heterocycles. The van der Waals surface area contributed by atoms with Crippen LogP contribution < -0.4 is 0 Å². The van der Waals surface area contributed by atoms with Crippen molar-refractivity contribution in [3.8, 4) is 11.4 Å². The molecule has 1 aromatic heterocycles. The number of aromatic nitrogens is 3. The zero-order valence-corrected chi connectivity index (χ0v) is 13.1. The summed E-state index contributed by atoms with van der Waals surface area (Å²) in [5.41, 5.74) is 1.61. The number of halogens is 1. The fourth-order valence-electron chi connectivity index (χ4n) is 2.15. The summed E-state index contributed by atoms with van der Waals surface area (Å²) in [5.74, 6) is 1.46. The second kappa shape index (κ2) is 5.70. The van der Waals surface area contributed by atoms with Crippen molar-refractivity contribution in [1.29, 1.82) is 0 Å². The largest absolute Gasteiger partial charge is 0.308 e. The normalized spacial score (nSPS) is 11.1. The molecule has 0 radical (unpaired) electrons. The molecule has 6 nitrogen and oxygen atoms in total. The molecule has 7 heteroatoms. The fourth-order valence-corrected chi connectivity index (χ4v) is 2.53. The van der Waals surface area contributed by atoms with E-state index in [1.54, 1.807) is 6.07 Å². The van der Waals surface area contributed by atoms with Crippen LogP contribution in [-0.4, -0.2) is 19.7 Å². The lowest BCUT2D eigenvalue weighted by molar-refractivity contribution is -0.384. The Kier molecular flexibility index (Phi) is 4.17. The van der Waals surface area contributed by atoms with Crippen molar-refractivity contribution in [3.05, 3.63) is 39.7 Å². The Labute approximate surface area is 125 Å². The lowest BCUT2D eigenvalue weighted by Crippen LogP contribution is -2.07. The maximum absolute atomic E-state index is 11.0. The second-order valence-electron chi connectivity index (χ2n) is 4.85. The van der Waals surface area contributed by atoms with Crippen LogP contribution in [0.5, 0.6) is 0 Å². The van der Waals surface area contributed by atoms with Crippen LogP contribution in [0.4, 0.5) is 5.69 Å². The number of nitro benzene ring substituents is 1. The minimum atomic E-state index is -0.391. The summed E-state index contributed by atoms with van der Waals surface area (Å²) >= 11 is 3.38. The average Bonchev–Trinajstić information content (AvgIpc) is 2.81. The maximum atomic E-state index is 11.0. The van der Waals surface area contributed by atoms with Crippen LogP contribution in [0.1, 0.15) is 31.3 Å². The van der Waals surface area contributed by atoms with E-state index in [0.29, 0.717) is 16.7 Å². The third kappa shape index (κ3) is 2.72. The fraction of sp³-hybridized carbons (Fsp3) is 0.385. The molecule has 106 valence electrons. The van der Waals surface area contributed by atoms with E-state index in [2.05, 4.69) is 26.1 Å². The van der Waals surface area contributed by atoms with Crippen molar-refractivity contribution in [2.24, 2.45) is 0 Å². The number of hydrogen-bond acceptors (Lipinski definition) is 4. The standard InChI is InChI=1S/C13H15BrN4O2/c1-8(2)17-12(7-14)15-16-13(17)10-4-9(3)5-11(6-10)18(19)20/h4-6,8H,7H2,1-3H3. The van der Waals surface area contributed by atoms with Crippen LogP contribution in [0.25, 0.3) is 11.4 Å². The second-order valence-corrected chi connectivity index (χ2v) is 5.41. The van der Waals surface area contributed by atoms with E-state index in [-0.39, 0.29) is 11.7 Å². The van der Waals surface area contributed by atoms with E-state index in [4.69, 9.17) is 0 Å². The van der Waals surface area contributed by atoms with Gasteiger partial charge in [0, 0.05) is 23.7 Å². The molecule has 0 bridgehead atoms. The summed E-state index contributed by atoms with van der Waals surface area (Å²) in [7, 11) is 0. The lowest BCUT2D eigenvalue weighted by Gasteiger charge is -2.13. The Morgan fingerprint density at radius 3 is 2.60 bits per heavy atom. The van der Waals surface area contributed by atoms with Crippen molar-refractivity contribution in [2.45, 2.75) is 32.1 Å². The van der Waals surface area contributed by atoms with E-state index < -0.39 is 4.92 Å². The van der Waals surface area contributed by atoms with E-state index in [1.165, 1.54) is 6.07 Å². The molecule has 1 aromatic carbocycles. The molecular formula is C13H15BrN4O2. The molecular weight excluding hydrogens is 324 g/mol. The van der Waals surface area contributed by atoms with Crippen LogP contribution in [0.15, 0.2) is 18.2 Å². The first kappa shape index (κ1) is 14.6. The van der Waals surface area contributed by atoms with Gasteiger partial charge in [0.25, 0.3) is 5.69 Å². The Morgan fingerprint density at radius 2 is 2.05 bits per heavy atom. The van der Waals surface area contributed by atoms with Crippen LogP contribution in [-0.2, 0) is 5.33 Å². The number of benzene rings is 1. The van der Waals surface area contributed by atoms with E-state index in [1.807, 2.05) is 31.4 Å². The molecule has 0 aliphatic rings. The molecule has 0 aliphatic carbocycles. The number of non-ortho nitro benzene ring substituents is 1. The molecule has 0 saturated heterocycles. The number of nitrogens with zero attached hydrogens (tertiary/aromatic N) is 4. The Morgan fingerprint density at radius 1 is 1.35 bits per heavy atom. The minimum absolute atomic E-state index is 0.0682. The van der Waals surface area contributed by atoms with Crippen molar-refractivity contribution in [2.75, 3.05) is 0 Å². The Balaban J connectivity index is 2.62. The zero-order valence-electron chi connectivity index (χ0n) is 11.5. The lowest BCUT2D eigenvalue weighted by atomic mass is 10.1. The number of hydrogen-bond donors (Lipinski definition) is 0. The van der Waals surface area contributed by atoms with Gasteiger partial charge in [-0.15, -0.1) is 10.2 Å². The zero-order chi connectivity index (χ0) is 14.9. The highest BCUT2D eigenvalue weighted by Crippen LogP contribution is 2.27. The molecule has 0 spiro atoms. The van der Waals surface area contributed by atoms with Crippen molar-refractivity contribution < 1.29 is 4.92 Å². The van der Waals surface area contributed by atoms with Gasteiger partial charge >= 0.3 is 0 Å².